The van der Waals surface area contributed by atoms with Crippen LogP contribution < -0.4 is 5.73 Å². The molecule has 1 aromatic carbocycles. The second-order valence-corrected chi connectivity index (χ2v) is 4.80. The van der Waals surface area contributed by atoms with Crippen LogP contribution in [0.5, 0.6) is 0 Å². The molecule has 0 bridgehead atoms. The Balaban J connectivity index is 1.91. The van der Waals surface area contributed by atoms with Gasteiger partial charge in [-0.3, -0.25) is 4.98 Å². The fourth-order valence-electron chi connectivity index (χ4n) is 1.76. The van der Waals surface area contributed by atoms with Gasteiger partial charge in [-0.1, -0.05) is 6.07 Å². The maximum atomic E-state index is 5.61. The van der Waals surface area contributed by atoms with Crippen molar-refractivity contribution in [1.82, 2.24) is 9.97 Å². The van der Waals surface area contributed by atoms with Gasteiger partial charge in [0.05, 0.1) is 27.6 Å². The molecule has 3 nitrogen and oxygen atoms in total. The summed E-state index contributed by atoms with van der Waals surface area (Å²) in [5.41, 5.74) is 11.5. The molecule has 0 atom stereocenters. The van der Waals surface area contributed by atoms with Gasteiger partial charge >= 0.3 is 0 Å². The van der Waals surface area contributed by atoms with Gasteiger partial charge in [0.1, 0.15) is 0 Å². The zero-order chi connectivity index (χ0) is 11.7. The van der Waals surface area contributed by atoms with Crippen molar-refractivity contribution in [3.05, 3.63) is 53.3 Å². The third-order valence-corrected chi connectivity index (χ3v) is 3.44. The number of benzene rings is 1. The van der Waals surface area contributed by atoms with Crippen LogP contribution in [0.2, 0.25) is 0 Å². The predicted octanol–water partition coefficient (Wildman–Crippen LogP) is 2.86. The molecule has 17 heavy (non-hydrogen) atoms. The summed E-state index contributed by atoms with van der Waals surface area (Å²) in [7, 11) is 0. The fourth-order valence-corrected chi connectivity index (χ4v) is 2.42. The van der Waals surface area contributed by atoms with Crippen LogP contribution in [0.4, 0.5) is 5.69 Å². The largest absolute Gasteiger partial charge is 0.397 e. The SMILES string of the molecule is Nc1ccc(Cc2ccc3scnc3c2)nc1. The Morgan fingerprint density at radius 2 is 2.06 bits per heavy atom. The van der Waals surface area contributed by atoms with E-state index in [1.165, 1.54) is 10.3 Å². The van der Waals surface area contributed by atoms with E-state index in [1.54, 1.807) is 17.5 Å². The van der Waals surface area contributed by atoms with Gasteiger partial charge in [0.25, 0.3) is 0 Å². The Bertz CT molecular complexity index is 643. The van der Waals surface area contributed by atoms with E-state index in [0.29, 0.717) is 5.69 Å². The molecule has 0 aliphatic rings. The number of nitrogen functional groups attached to an aromatic ring is 1. The molecule has 0 unspecified atom stereocenters. The molecule has 3 aromatic rings. The van der Waals surface area contributed by atoms with Gasteiger partial charge in [-0.15, -0.1) is 11.3 Å². The molecule has 2 N–H and O–H groups in total. The molecule has 0 saturated heterocycles. The highest BCUT2D eigenvalue weighted by Crippen LogP contribution is 2.20. The third kappa shape index (κ3) is 2.12. The van der Waals surface area contributed by atoms with E-state index in [1.807, 2.05) is 17.6 Å². The van der Waals surface area contributed by atoms with E-state index >= 15 is 0 Å². The van der Waals surface area contributed by atoms with Gasteiger partial charge in [0, 0.05) is 12.1 Å². The Kier molecular flexibility index (Phi) is 2.49. The van der Waals surface area contributed by atoms with Gasteiger partial charge in [0.2, 0.25) is 0 Å². The number of fused-ring (bicyclic) bond motifs is 1. The first-order valence-corrected chi connectivity index (χ1v) is 6.22. The van der Waals surface area contributed by atoms with Crippen molar-refractivity contribution in [3.63, 3.8) is 0 Å². The summed E-state index contributed by atoms with van der Waals surface area (Å²) in [5, 5.41) is 0. The Labute approximate surface area is 103 Å². The summed E-state index contributed by atoms with van der Waals surface area (Å²) in [5.74, 6) is 0. The molecule has 84 valence electrons. The number of hydrogen-bond donors (Lipinski definition) is 1. The first-order valence-electron chi connectivity index (χ1n) is 5.34. The molecular formula is C13H11N3S. The zero-order valence-electron chi connectivity index (χ0n) is 9.13. The molecule has 0 fully saturated rings. The Hall–Kier alpha value is -1.94. The summed E-state index contributed by atoms with van der Waals surface area (Å²) in [6.45, 7) is 0. The van der Waals surface area contributed by atoms with E-state index in [9.17, 15) is 0 Å². The smallest absolute Gasteiger partial charge is 0.0814 e. The van der Waals surface area contributed by atoms with Crippen molar-refractivity contribution < 1.29 is 0 Å². The first-order chi connectivity index (χ1) is 8.31. The highest BCUT2D eigenvalue weighted by molar-refractivity contribution is 7.16. The highest BCUT2D eigenvalue weighted by Gasteiger charge is 2.01. The Morgan fingerprint density at radius 1 is 1.12 bits per heavy atom. The van der Waals surface area contributed by atoms with Crippen LogP contribution in [0.1, 0.15) is 11.3 Å². The van der Waals surface area contributed by atoms with Gasteiger partial charge < -0.3 is 5.73 Å². The van der Waals surface area contributed by atoms with Gasteiger partial charge in [-0.25, -0.2) is 4.98 Å². The molecule has 0 radical (unpaired) electrons. The molecule has 0 aliphatic heterocycles. The molecule has 2 heterocycles. The van der Waals surface area contributed by atoms with E-state index in [0.717, 1.165) is 17.6 Å². The lowest BCUT2D eigenvalue weighted by Crippen LogP contribution is -1.93. The lowest BCUT2D eigenvalue weighted by Gasteiger charge is -2.01. The van der Waals surface area contributed by atoms with Crippen molar-refractivity contribution in [2.75, 3.05) is 5.73 Å². The molecular weight excluding hydrogens is 230 g/mol. The average Bonchev–Trinajstić information content (AvgIpc) is 2.79. The Morgan fingerprint density at radius 3 is 2.88 bits per heavy atom. The number of pyridine rings is 1. The van der Waals surface area contributed by atoms with Crippen molar-refractivity contribution in [2.24, 2.45) is 0 Å². The summed E-state index contributed by atoms with van der Waals surface area (Å²) in [6, 6.07) is 10.2. The fraction of sp³-hybridized carbons (Fsp3) is 0.0769. The monoisotopic (exact) mass is 241 g/mol. The van der Waals surface area contributed by atoms with Gasteiger partial charge in [0.15, 0.2) is 0 Å². The molecule has 0 spiro atoms. The van der Waals surface area contributed by atoms with Crippen molar-refractivity contribution in [1.29, 1.82) is 0 Å². The number of anilines is 1. The van der Waals surface area contributed by atoms with Crippen LogP contribution in [-0.4, -0.2) is 9.97 Å². The van der Waals surface area contributed by atoms with Crippen molar-refractivity contribution in [3.8, 4) is 0 Å². The minimum Gasteiger partial charge on any atom is -0.397 e. The van der Waals surface area contributed by atoms with Crippen LogP contribution in [0.25, 0.3) is 10.2 Å². The van der Waals surface area contributed by atoms with Gasteiger partial charge in [-0.05, 0) is 29.8 Å². The lowest BCUT2D eigenvalue weighted by atomic mass is 10.1. The summed E-state index contributed by atoms with van der Waals surface area (Å²) < 4.78 is 1.22. The van der Waals surface area contributed by atoms with E-state index in [-0.39, 0.29) is 0 Å². The molecule has 0 saturated carbocycles. The quantitative estimate of drug-likeness (QED) is 0.750. The maximum absolute atomic E-state index is 5.61. The summed E-state index contributed by atoms with van der Waals surface area (Å²) in [4.78, 5) is 8.61. The average molecular weight is 241 g/mol. The van der Waals surface area contributed by atoms with E-state index < -0.39 is 0 Å². The normalized spacial score (nSPS) is 10.8. The summed E-state index contributed by atoms with van der Waals surface area (Å²) >= 11 is 1.66. The second kappa shape index (κ2) is 4.14. The third-order valence-electron chi connectivity index (χ3n) is 2.63. The second-order valence-electron chi connectivity index (χ2n) is 3.91. The number of nitrogens with two attached hydrogens (primary N) is 1. The first kappa shape index (κ1) is 10.2. The molecule has 2 aromatic heterocycles. The molecule has 0 aliphatic carbocycles. The molecule has 4 heteroatoms. The molecule has 3 rings (SSSR count). The highest BCUT2D eigenvalue weighted by atomic mass is 32.1. The number of nitrogens with zero attached hydrogens (tertiary/aromatic N) is 2. The zero-order valence-corrected chi connectivity index (χ0v) is 9.95. The lowest BCUT2D eigenvalue weighted by molar-refractivity contribution is 1.08. The number of thiazole rings is 1. The number of rotatable bonds is 2. The van der Waals surface area contributed by atoms with Crippen LogP contribution in [0, 0.1) is 0 Å². The number of hydrogen-bond acceptors (Lipinski definition) is 4. The van der Waals surface area contributed by atoms with Crippen LogP contribution in [-0.2, 0) is 6.42 Å². The van der Waals surface area contributed by atoms with Crippen LogP contribution in [0.15, 0.2) is 42.0 Å². The van der Waals surface area contributed by atoms with Gasteiger partial charge in [-0.2, -0.15) is 0 Å². The summed E-state index contributed by atoms with van der Waals surface area (Å²) in [6.07, 6.45) is 2.50. The molecule has 0 amide bonds. The predicted molar refractivity (Wildman–Crippen MR) is 71.1 cm³/mol. The van der Waals surface area contributed by atoms with E-state index in [4.69, 9.17) is 5.73 Å². The maximum Gasteiger partial charge on any atom is 0.0814 e. The van der Waals surface area contributed by atoms with Crippen molar-refractivity contribution in [2.45, 2.75) is 6.42 Å². The standard InChI is InChI=1S/C13H11N3S/c14-10-2-3-11(15-7-10)5-9-1-4-13-12(6-9)16-8-17-13/h1-4,6-8H,5,14H2. The van der Waals surface area contributed by atoms with Crippen LogP contribution >= 0.6 is 11.3 Å². The topological polar surface area (TPSA) is 51.8 Å². The number of aromatic nitrogens is 2. The van der Waals surface area contributed by atoms with Crippen molar-refractivity contribution >= 4 is 27.2 Å². The van der Waals surface area contributed by atoms with E-state index in [2.05, 4.69) is 28.2 Å². The minimum absolute atomic E-state index is 0.698. The van der Waals surface area contributed by atoms with Crippen LogP contribution in [0.3, 0.4) is 0 Å². The minimum atomic E-state index is 0.698.